The van der Waals surface area contributed by atoms with Crippen LogP contribution in [0.4, 0.5) is 0 Å². The second-order valence-electron chi connectivity index (χ2n) is 6.25. The highest BCUT2D eigenvalue weighted by Crippen LogP contribution is 2.34. The number of ether oxygens (including phenoxy) is 2. The molecule has 0 bridgehead atoms. The van der Waals surface area contributed by atoms with Crippen LogP contribution >= 0.6 is 23.2 Å². The van der Waals surface area contributed by atoms with E-state index in [4.69, 9.17) is 32.7 Å². The molecule has 0 saturated heterocycles. The van der Waals surface area contributed by atoms with Crippen molar-refractivity contribution in [2.45, 2.75) is 45.3 Å². The van der Waals surface area contributed by atoms with Gasteiger partial charge in [-0.15, -0.1) is 13.2 Å². The third kappa shape index (κ3) is 6.05. The number of hydrogen-bond acceptors (Lipinski definition) is 2. The average molecular weight is 405 g/mol. The normalized spacial score (nSPS) is 10.7. The van der Waals surface area contributed by atoms with E-state index in [0.29, 0.717) is 34.4 Å². The predicted molar refractivity (Wildman–Crippen MR) is 115 cm³/mol. The van der Waals surface area contributed by atoms with Crippen molar-refractivity contribution in [1.29, 1.82) is 0 Å². The summed E-state index contributed by atoms with van der Waals surface area (Å²) in [5.41, 5.74) is 1.96. The molecule has 0 heterocycles. The van der Waals surface area contributed by atoms with Gasteiger partial charge in [-0.3, -0.25) is 0 Å². The summed E-state index contributed by atoms with van der Waals surface area (Å²) >= 11 is 12.8. The summed E-state index contributed by atoms with van der Waals surface area (Å²) in [4.78, 5) is 0. The second kappa shape index (κ2) is 11.1. The number of hydrogen-bond donors (Lipinski definition) is 0. The van der Waals surface area contributed by atoms with Crippen LogP contribution in [-0.4, -0.2) is 6.29 Å². The quantitative estimate of drug-likeness (QED) is 0.286. The van der Waals surface area contributed by atoms with E-state index in [9.17, 15) is 0 Å². The lowest BCUT2D eigenvalue weighted by Crippen LogP contribution is -2.25. The van der Waals surface area contributed by atoms with Crippen LogP contribution in [0.2, 0.25) is 10.0 Å². The third-order valence-electron chi connectivity index (χ3n) is 4.12. The Morgan fingerprint density at radius 2 is 1.37 bits per heavy atom. The second-order valence-corrected chi connectivity index (χ2v) is 7.06. The molecule has 27 heavy (non-hydrogen) atoms. The molecule has 2 aromatic carbocycles. The average Bonchev–Trinajstić information content (AvgIpc) is 2.65. The van der Waals surface area contributed by atoms with Gasteiger partial charge in [0.25, 0.3) is 0 Å². The van der Waals surface area contributed by atoms with Crippen LogP contribution in [0.5, 0.6) is 11.5 Å². The van der Waals surface area contributed by atoms with Crippen LogP contribution in [0.15, 0.2) is 61.7 Å². The van der Waals surface area contributed by atoms with Gasteiger partial charge in [0.15, 0.2) is 0 Å². The van der Waals surface area contributed by atoms with Gasteiger partial charge in [0.05, 0.1) is 10.0 Å². The fourth-order valence-electron chi connectivity index (χ4n) is 2.78. The zero-order valence-electron chi connectivity index (χ0n) is 15.7. The highest BCUT2D eigenvalue weighted by Gasteiger charge is 2.19. The Balaban J connectivity index is 2.32. The SMILES string of the molecule is C=CCc1cccc(Cl)c1OC(CCCC)Oc1c(Cl)cccc1CC=C. The maximum absolute atomic E-state index is 6.40. The molecule has 2 rings (SSSR count). The van der Waals surface area contributed by atoms with Gasteiger partial charge < -0.3 is 9.47 Å². The van der Waals surface area contributed by atoms with Gasteiger partial charge in [-0.05, 0) is 42.5 Å². The van der Waals surface area contributed by atoms with Gasteiger partial charge >= 0.3 is 0 Å². The molecular weight excluding hydrogens is 379 g/mol. The molecule has 0 aliphatic heterocycles. The Kier molecular flexibility index (Phi) is 8.77. The first-order valence-electron chi connectivity index (χ1n) is 9.20. The number of rotatable bonds is 11. The van der Waals surface area contributed by atoms with Crippen molar-refractivity contribution in [1.82, 2.24) is 0 Å². The number of para-hydroxylation sites is 2. The molecular formula is C23H26Cl2O2. The summed E-state index contributed by atoms with van der Waals surface area (Å²) in [6.45, 7) is 9.75. The van der Waals surface area contributed by atoms with Crippen LogP contribution in [0, 0.1) is 0 Å². The van der Waals surface area contributed by atoms with E-state index < -0.39 is 6.29 Å². The van der Waals surface area contributed by atoms with Gasteiger partial charge in [0.2, 0.25) is 6.29 Å². The Morgan fingerprint density at radius 3 is 1.78 bits per heavy atom. The molecule has 0 spiro atoms. The van der Waals surface area contributed by atoms with E-state index in [1.165, 1.54) is 0 Å². The van der Waals surface area contributed by atoms with Gasteiger partial charge in [-0.1, -0.05) is 73.0 Å². The molecule has 0 unspecified atom stereocenters. The summed E-state index contributed by atoms with van der Waals surface area (Å²) in [6, 6.07) is 11.4. The number of benzene rings is 2. The van der Waals surface area contributed by atoms with Crippen LogP contribution in [0.3, 0.4) is 0 Å². The number of halogens is 2. The van der Waals surface area contributed by atoms with Gasteiger partial charge in [-0.25, -0.2) is 0 Å². The minimum absolute atomic E-state index is 0.489. The summed E-state index contributed by atoms with van der Waals surface area (Å²) in [7, 11) is 0. The monoisotopic (exact) mass is 404 g/mol. The number of unbranched alkanes of at least 4 members (excludes halogenated alkanes) is 1. The summed E-state index contributed by atoms with van der Waals surface area (Å²) < 4.78 is 12.5. The standard InChI is InChI=1S/C23H26Cl2O2/c1-4-7-16-21(26-22-17(10-5-2)12-8-14-19(22)24)27-23-18(11-6-3)13-9-15-20(23)25/h5-6,8-9,12-15,21H,2-4,7,10-11,16H2,1H3. The lowest BCUT2D eigenvalue weighted by molar-refractivity contribution is -0.00317. The van der Waals surface area contributed by atoms with E-state index in [0.717, 1.165) is 30.4 Å². The highest BCUT2D eigenvalue weighted by atomic mass is 35.5. The number of allylic oxidation sites excluding steroid dienone is 2. The first kappa shape index (κ1) is 21.4. The van der Waals surface area contributed by atoms with E-state index in [2.05, 4.69) is 20.1 Å². The Bertz CT molecular complexity index is 709. The smallest absolute Gasteiger partial charge is 0.241 e. The van der Waals surface area contributed by atoms with Crippen molar-refractivity contribution < 1.29 is 9.47 Å². The highest BCUT2D eigenvalue weighted by molar-refractivity contribution is 6.32. The Labute approximate surface area is 172 Å². The van der Waals surface area contributed by atoms with Crippen molar-refractivity contribution in [3.05, 3.63) is 82.9 Å². The van der Waals surface area contributed by atoms with Gasteiger partial charge in [0, 0.05) is 6.42 Å². The fourth-order valence-corrected chi connectivity index (χ4v) is 3.26. The summed E-state index contributed by atoms with van der Waals surface area (Å²) in [5, 5.41) is 1.12. The van der Waals surface area contributed by atoms with E-state index in [1.54, 1.807) is 0 Å². The van der Waals surface area contributed by atoms with Crippen LogP contribution in [0.25, 0.3) is 0 Å². The van der Waals surface area contributed by atoms with Crippen LogP contribution < -0.4 is 9.47 Å². The first-order chi connectivity index (χ1) is 13.1. The summed E-state index contributed by atoms with van der Waals surface area (Å²) in [6.07, 6.45) is 7.24. The molecule has 2 nitrogen and oxygen atoms in total. The molecule has 0 saturated carbocycles. The third-order valence-corrected chi connectivity index (χ3v) is 4.71. The van der Waals surface area contributed by atoms with Crippen molar-refractivity contribution >= 4 is 23.2 Å². The van der Waals surface area contributed by atoms with Gasteiger partial charge in [0.1, 0.15) is 11.5 Å². The molecule has 0 aromatic heterocycles. The van der Waals surface area contributed by atoms with Crippen molar-refractivity contribution in [3.8, 4) is 11.5 Å². The maximum atomic E-state index is 6.40. The zero-order chi connectivity index (χ0) is 19.6. The van der Waals surface area contributed by atoms with E-state index >= 15 is 0 Å². The lowest BCUT2D eigenvalue weighted by atomic mass is 10.1. The molecule has 0 atom stereocenters. The van der Waals surface area contributed by atoms with Crippen molar-refractivity contribution in [2.75, 3.05) is 0 Å². The van der Waals surface area contributed by atoms with Crippen LogP contribution in [-0.2, 0) is 12.8 Å². The summed E-state index contributed by atoms with van der Waals surface area (Å²) in [5.74, 6) is 1.27. The Morgan fingerprint density at radius 1 is 0.889 bits per heavy atom. The largest absolute Gasteiger partial charge is 0.453 e. The van der Waals surface area contributed by atoms with Crippen LogP contribution in [0.1, 0.15) is 37.3 Å². The fraction of sp³-hybridized carbons (Fsp3) is 0.304. The first-order valence-corrected chi connectivity index (χ1v) is 9.96. The molecule has 0 N–H and O–H groups in total. The molecule has 0 aliphatic rings. The van der Waals surface area contributed by atoms with E-state index in [-0.39, 0.29) is 0 Å². The minimum Gasteiger partial charge on any atom is -0.453 e. The molecule has 0 amide bonds. The maximum Gasteiger partial charge on any atom is 0.241 e. The molecule has 4 heteroatoms. The zero-order valence-corrected chi connectivity index (χ0v) is 17.2. The minimum atomic E-state index is -0.489. The molecule has 0 fully saturated rings. The lowest BCUT2D eigenvalue weighted by Gasteiger charge is -2.24. The predicted octanol–water partition coefficient (Wildman–Crippen LogP) is 7.42. The molecule has 144 valence electrons. The Hall–Kier alpha value is -1.90. The van der Waals surface area contributed by atoms with E-state index in [1.807, 2.05) is 48.6 Å². The van der Waals surface area contributed by atoms with Gasteiger partial charge in [-0.2, -0.15) is 0 Å². The molecule has 0 radical (unpaired) electrons. The topological polar surface area (TPSA) is 18.5 Å². The van der Waals surface area contributed by atoms with Crippen molar-refractivity contribution in [3.63, 3.8) is 0 Å². The van der Waals surface area contributed by atoms with Crippen molar-refractivity contribution in [2.24, 2.45) is 0 Å². The molecule has 2 aromatic rings. The molecule has 0 aliphatic carbocycles.